The van der Waals surface area contributed by atoms with Crippen molar-refractivity contribution in [3.63, 3.8) is 0 Å². The second kappa shape index (κ2) is 5.95. The maximum absolute atomic E-state index is 12.2. The van der Waals surface area contributed by atoms with Gasteiger partial charge in [0.25, 0.3) is 0 Å². The lowest BCUT2D eigenvalue weighted by molar-refractivity contribution is -0.149. The molecule has 1 aliphatic carbocycles. The zero-order chi connectivity index (χ0) is 13.1. The predicted molar refractivity (Wildman–Crippen MR) is 73.5 cm³/mol. The molecule has 1 saturated carbocycles. The number of nitrogens with one attached hydrogen (secondary N) is 1. The molecule has 4 nitrogen and oxygen atoms in total. The van der Waals surface area contributed by atoms with Gasteiger partial charge in [-0.2, -0.15) is 11.8 Å². The van der Waals surface area contributed by atoms with E-state index in [4.69, 9.17) is 0 Å². The highest BCUT2D eigenvalue weighted by Gasteiger charge is 2.41. The minimum atomic E-state index is -0.260. The number of amides is 2. The largest absolute Gasteiger partial charge is 0.345 e. The molecule has 1 saturated heterocycles. The van der Waals surface area contributed by atoms with Crippen LogP contribution in [0.3, 0.4) is 0 Å². The predicted octanol–water partition coefficient (Wildman–Crippen LogP) is 1.40. The summed E-state index contributed by atoms with van der Waals surface area (Å²) < 4.78 is 0. The molecule has 102 valence electrons. The summed E-state index contributed by atoms with van der Waals surface area (Å²) in [6, 6.07) is -0.0127. The fourth-order valence-electron chi connectivity index (χ4n) is 3.14. The van der Waals surface area contributed by atoms with Crippen LogP contribution in [0.1, 0.15) is 39.0 Å². The molecule has 0 spiro atoms. The number of hydrogen-bond acceptors (Lipinski definition) is 3. The van der Waals surface area contributed by atoms with Crippen molar-refractivity contribution in [2.45, 2.75) is 56.4 Å². The van der Waals surface area contributed by atoms with E-state index in [1.807, 2.05) is 23.6 Å². The minimum Gasteiger partial charge on any atom is -0.345 e. The molecule has 1 N–H and O–H groups in total. The fraction of sp³-hybridized carbons (Fsp3) is 0.846. The highest BCUT2D eigenvalue weighted by molar-refractivity contribution is 7.99. The van der Waals surface area contributed by atoms with Crippen molar-refractivity contribution in [2.24, 2.45) is 0 Å². The monoisotopic (exact) mass is 270 g/mol. The Kier molecular flexibility index (Phi) is 4.54. The second-order valence-electron chi connectivity index (χ2n) is 5.07. The Morgan fingerprint density at radius 1 is 1.33 bits per heavy atom. The van der Waals surface area contributed by atoms with Crippen molar-refractivity contribution in [3.05, 3.63) is 0 Å². The molecule has 0 aromatic heterocycles. The first-order valence-corrected chi connectivity index (χ1v) is 8.09. The van der Waals surface area contributed by atoms with Gasteiger partial charge in [-0.1, -0.05) is 19.8 Å². The molecule has 3 atom stereocenters. The molecule has 0 aromatic carbocycles. The van der Waals surface area contributed by atoms with E-state index in [1.54, 1.807) is 0 Å². The van der Waals surface area contributed by atoms with Crippen LogP contribution >= 0.6 is 11.8 Å². The van der Waals surface area contributed by atoms with Gasteiger partial charge < -0.3 is 10.2 Å². The van der Waals surface area contributed by atoms with E-state index in [-0.39, 0.29) is 30.4 Å². The molecular weight excluding hydrogens is 248 g/mol. The lowest BCUT2D eigenvalue weighted by Gasteiger charge is -2.44. The van der Waals surface area contributed by atoms with Crippen LogP contribution in [0.15, 0.2) is 0 Å². The van der Waals surface area contributed by atoms with Gasteiger partial charge >= 0.3 is 0 Å². The van der Waals surface area contributed by atoms with Crippen LogP contribution in [0.4, 0.5) is 0 Å². The summed E-state index contributed by atoms with van der Waals surface area (Å²) >= 11 is 1.84. The Bertz CT molecular complexity index is 335. The Balaban J connectivity index is 2.20. The first-order valence-electron chi connectivity index (χ1n) is 6.80. The molecule has 0 radical (unpaired) electrons. The molecule has 1 aliphatic heterocycles. The molecule has 3 unspecified atom stereocenters. The fourth-order valence-corrected chi connectivity index (χ4v) is 4.12. The van der Waals surface area contributed by atoms with Crippen molar-refractivity contribution in [1.29, 1.82) is 0 Å². The summed E-state index contributed by atoms with van der Waals surface area (Å²) in [6.45, 7) is 2.15. The van der Waals surface area contributed by atoms with Crippen molar-refractivity contribution in [1.82, 2.24) is 10.2 Å². The van der Waals surface area contributed by atoms with Crippen molar-refractivity contribution >= 4 is 23.6 Å². The maximum Gasteiger partial charge on any atom is 0.243 e. The molecule has 2 amide bonds. The van der Waals surface area contributed by atoms with E-state index in [2.05, 4.69) is 11.6 Å². The summed E-state index contributed by atoms with van der Waals surface area (Å²) in [7, 11) is 0. The van der Waals surface area contributed by atoms with Crippen LogP contribution in [0.5, 0.6) is 0 Å². The standard InChI is InChI=1S/C13H22N2O2S/c1-3-9-13(17)14-8-12(16)15(9)10-6-4-5-7-11(10)18-2/h9-11H,3-8H2,1-2H3,(H,14,17). The van der Waals surface area contributed by atoms with Crippen LogP contribution < -0.4 is 5.32 Å². The van der Waals surface area contributed by atoms with Crippen molar-refractivity contribution in [3.8, 4) is 0 Å². The van der Waals surface area contributed by atoms with E-state index >= 15 is 0 Å². The average Bonchev–Trinajstić information content (AvgIpc) is 2.41. The van der Waals surface area contributed by atoms with Crippen molar-refractivity contribution < 1.29 is 9.59 Å². The SMILES string of the molecule is CCC1C(=O)NCC(=O)N1C1CCCCC1SC. The van der Waals surface area contributed by atoms with E-state index < -0.39 is 0 Å². The number of hydrogen-bond donors (Lipinski definition) is 1. The van der Waals surface area contributed by atoms with Crippen LogP contribution in [0, 0.1) is 0 Å². The van der Waals surface area contributed by atoms with Gasteiger partial charge in [-0.05, 0) is 25.5 Å². The molecule has 18 heavy (non-hydrogen) atoms. The molecule has 2 aliphatic rings. The average molecular weight is 270 g/mol. The zero-order valence-electron chi connectivity index (χ0n) is 11.1. The number of carbonyl (C=O) groups excluding carboxylic acids is 2. The van der Waals surface area contributed by atoms with Gasteiger partial charge in [0.05, 0.1) is 6.54 Å². The van der Waals surface area contributed by atoms with E-state index in [9.17, 15) is 9.59 Å². The van der Waals surface area contributed by atoms with Gasteiger partial charge in [-0.3, -0.25) is 9.59 Å². The highest BCUT2D eigenvalue weighted by Crippen LogP contribution is 2.33. The molecule has 0 bridgehead atoms. The third kappa shape index (κ3) is 2.51. The van der Waals surface area contributed by atoms with Gasteiger partial charge in [-0.25, -0.2) is 0 Å². The molecule has 1 heterocycles. The molecular formula is C13H22N2O2S. The quantitative estimate of drug-likeness (QED) is 0.843. The first kappa shape index (κ1) is 13.7. The molecule has 5 heteroatoms. The van der Waals surface area contributed by atoms with Crippen LogP contribution in [-0.2, 0) is 9.59 Å². The molecule has 0 aromatic rings. The first-order chi connectivity index (χ1) is 8.69. The van der Waals surface area contributed by atoms with E-state index in [1.165, 1.54) is 12.8 Å². The number of rotatable bonds is 3. The summed E-state index contributed by atoms with van der Waals surface area (Å²) in [5, 5.41) is 3.19. The van der Waals surface area contributed by atoms with Gasteiger partial charge in [0.2, 0.25) is 11.8 Å². The third-order valence-electron chi connectivity index (χ3n) is 4.05. The summed E-state index contributed by atoms with van der Waals surface area (Å²) in [4.78, 5) is 26.0. The van der Waals surface area contributed by atoms with Crippen LogP contribution in [0.25, 0.3) is 0 Å². The third-order valence-corrected chi connectivity index (χ3v) is 5.21. The highest BCUT2D eigenvalue weighted by atomic mass is 32.2. The second-order valence-corrected chi connectivity index (χ2v) is 6.15. The van der Waals surface area contributed by atoms with Gasteiger partial charge in [-0.15, -0.1) is 0 Å². The summed E-state index contributed by atoms with van der Waals surface area (Å²) in [6.07, 6.45) is 7.43. The lowest BCUT2D eigenvalue weighted by atomic mass is 9.91. The number of piperazine rings is 1. The summed E-state index contributed by atoms with van der Waals surface area (Å²) in [5.74, 6) is 0.106. The Morgan fingerprint density at radius 2 is 2.06 bits per heavy atom. The maximum atomic E-state index is 12.2. The van der Waals surface area contributed by atoms with Gasteiger partial charge in [0.1, 0.15) is 6.04 Å². The zero-order valence-corrected chi connectivity index (χ0v) is 12.0. The number of carbonyl (C=O) groups is 2. The number of thioether (sulfide) groups is 1. The van der Waals surface area contributed by atoms with E-state index in [0.717, 1.165) is 12.8 Å². The van der Waals surface area contributed by atoms with Gasteiger partial charge in [0.15, 0.2) is 0 Å². The van der Waals surface area contributed by atoms with Crippen LogP contribution in [-0.4, -0.2) is 46.8 Å². The van der Waals surface area contributed by atoms with Crippen LogP contribution in [0.2, 0.25) is 0 Å². The normalized spacial score (nSPS) is 33.4. The Morgan fingerprint density at radius 3 is 2.72 bits per heavy atom. The molecule has 2 fully saturated rings. The lowest BCUT2D eigenvalue weighted by Crippen LogP contribution is -2.63. The Hall–Kier alpha value is -0.710. The van der Waals surface area contributed by atoms with E-state index in [0.29, 0.717) is 11.7 Å². The summed E-state index contributed by atoms with van der Waals surface area (Å²) in [5.41, 5.74) is 0. The van der Waals surface area contributed by atoms with Gasteiger partial charge in [0, 0.05) is 11.3 Å². The topological polar surface area (TPSA) is 49.4 Å². The Labute approximate surface area is 113 Å². The minimum absolute atomic E-state index is 0.0162. The smallest absolute Gasteiger partial charge is 0.243 e. The molecule has 2 rings (SSSR count). The van der Waals surface area contributed by atoms with Crippen molar-refractivity contribution in [2.75, 3.05) is 12.8 Å². The number of nitrogens with zero attached hydrogens (tertiary/aromatic N) is 1.